The fourth-order valence-electron chi connectivity index (χ4n) is 4.25. The number of hydrogen-bond acceptors (Lipinski definition) is 3. The summed E-state index contributed by atoms with van der Waals surface area (Å²) in [7, 11) is -1.74. The molecule has 4 rings (SSSR count). The second-order valence-electron chi connectivity index (χ2n) is 8.22. The lowest BCUT2D eigenvalue weighted by atomic mass is 9.95. The van der Waals surface area contributed by atoms with Crippen molar-refractivity contribution < 1.29 is 13.2 Å². The van der Waals surface area contributed by atoms with E-state index in [1.54, 1.807) is 17.0 Å². The summed E-state index contributed by atoms with van der Waals surface area (Å²) in [5.41, 5.74) is 1.09. The molecule has 0 saturated carbocycles. The third-order valence-corrected chi connectivity index (χ3v) is 8.27. The van der Waals surface area contributed by atoms with Crippen molar-refractivity contribution in [3.05, 3.63) is 78.4 Å². The molecule has 1 atom stereocenters. The summed E-state index contributed by atoms with van der Waals surface area (Å²) < 4.78 is 27.8. The van der Waals surface area contributed by atoms with Gasteiger partial charge in [-0.05, 0) is 48.2 Å². The molecule has 1 amide bonds. The lowest BCUT2D eigenvalue weighted by Crippen LogP contribution is -2.43. The maximum absolute atomic E-state index is 13.2. The van der Waals surface area contributed by atoms with Crippen molar-refractivity contribution >= 4 is 26.7 Å². The summed E-state index contributed by atoms with van der Waals surface area (Å²) in [5.74, 6) is -0.0710. The van der Waals surface area contributed by atoms with E-state index >= 15 is 0 Å². The van der Waals surface area contributed by atoms with Gasteiger partial charge in [-0.2, -0.15) is 4.31 Å². The van der Waals surface area contributed by atoms with Gasteiger partial charge in [-0.1, -0.05) is 60.7 Å². The van der Waals surface area contributed by atoms with Crippen LogP contribution in [-0.2, 0) is 14.8 Å². The first-order valence-electron chi connectivity index (χ1n) is 10.7. The fourth-order valence-corrected chi connectivity index (χ4v) is 5.76. The van der Waals surface area contributed by atoms with E-state index in [1.807, 2.05) is 74.6 Å². The van der Waals surface area contributed by atoms with Crippen molar-refractivity contribution in [1.82, 2.24) is 9.21 Å². The first kappa shape index (κ1) is 21.5. The number of nitrogens with zero attached hydrogens (tertiary/aromatic N) is 2. The predicted octanol–water partition coefficient (Wildman–Crippen LogP) is 4.46. The second kappa shape index (κ2) is 8.81. The molecule has 0 bridgehead atoms. The third kappa shape index (κ3) is 4.36. The number of fused-ring (bicyclic) bond motifs is 1. The number of carbonyl (C=O) groups is 1. The average Bonchev–Trinajstić information content (AvgIpc) is 2.83. The lowest BCUT2D eigenvalue weighted by molar-refractivity contribution is -0.137. The van der Waals surface area contributed by atoms with Crippen LogP contribution in [0.1, 0.15) is 31.4 Å². The van der Waals surface area contributed by atoms with Crippen LogP contribution in [0.15, 0.2) is 77.7 Å². The van der Waals surface area contributed by atoms with E-state index in [0.717, 1.165) is 16.3 Å². The predicted molar refractivity (Wildman–Crippen MR) is 123 cm³/mol. The molecule has 1 aliphatic rings. The number of carbonyl (C=O) groups excluding carboxylic acids is 1. The highest BCUT2D eigenvalue weighted by molar-refractivity contribution is 7.89. The molecule has 0 radical (unpaired) electrons. The molecule has 5 nitrogen and oxygen atoms in total. The first-order valence-corrected chi connectivity index (χ1v) is 12.1. The molecule has 1 saturated heterocycles. The van der Waals surface area contributed by atoms with E-state index in [9.17, 15) is 13.2 Å². The normalized spacial score (nSPS) is 16.8. The molecule has 0 N–H and O–H groups in total. The number of benzene rings is 3. The van der Waals surface area contributed by atoms with Gasteiger partial charge in [0.25, 0.3) is 0 Å². The zero-order valence-electron chi connectivity index (χ0n) is 17.9. The zero-order valence-corrected chi connectivity index (χ0v) is 18.8. The summed E-state index contributed by atoms with van der Waals surface area (Å²) in [6.07, 6.45) is 1.08. The molecular formula is C25H28N2O3S. The minimum absolute atomic E-state index is 0.0203. The summed E-state index contributed by atoms with van der Waals surface area (Å²) in [6.45, 7) is 2.74. The van der Waals surface area contributed by atoms with Gasteiger partial charge in [-0.25, -0.2) is 8.42 Å². The summed E-state index contributed by atoms with van der Waals surface area (Å²) in [4.78, 5) is 15.1. The molecule has 31 heavy (non-hydrogen) atoms. The van der Waals surface area contributed by atoms with Crippen molar-refractivity contribution in [3.8, 4) is 0 Å². The van der Waals surface area contributed by atoms with E-state index in [4.69, 9.17) is 0 Å². The van der Waals surface area contributed by atoms with E-state index in [1.165, 1.54) is 4.31 Å². The number of amides is 1. The Balaban J connectivity index is 1.43. The second-order valence-corrected chi connectivity index (χ2v) is 10.2. The van der Waals surface area contributed by atoms with Gasteiger partial charge >= 0.3 is 0 Å². The van der Waals surface area contributed by atoms with Gasteiger partial charge in [0.05, 0.1) is 10.9 Å². The number of piperidine rings is 1. The Bertz CT molecular complexity index is 1170. The monoisotopic (exact) mass is 436 g/mol. The molecule has 0 spiro atoms. The van der Waals surface area contributed by atoms with Crippen LogP contribution in [-0.4, -0.2) is 43.7 Å². The van der Waals surface area contributed by atoms with Crippen LogP contribution in [0.4, 0.5) is 0 Å². The van der Waals surface area contributed by atoms with Crippen LogP contribution < -0.4 is 0 Å². The molecule has 3 aromatic carbocycles. The van der Waals surface area contributed by atoms with Crippen molar-refractivity contribution in [3.63, 3.8) is 0 Å². The highest BCUT2D eigenvalue weighted by Crippen LogP contribution is 2.29. The molecule has 162 valence electrons. The van der Waals surface area contributed by atoms with Crippen molar-refractivity contribution in [2.75, 3.05) is 20.1 Å². The molecule has 0 aliphatic carbocycles. The van der Waals surface area contributed by atoms with Crippen LogP contribution in [0.25, 0.3) is 10.8 Å². The SMILES string of the molecule is CC(c1ccccc1)N(C)C(=O)C1CCN(S(=O)(=O)c2ccc3ccccc3c2)CC1. The standard InChI is InChI=1S/C25H28N2O3S/c1-19(20-8-4-3-5-9-20)26(2)25(28)22-14-16-27(17-15-22)31(29,30)24-13-12-21-10-6-7-11-23(21)18-24/h3-13,18-19,22H,14-17H2,1-2H3. The van der Waals surface area contributed by atoms with Crippen molar-refractivity contribution in [2.24, 2.45) is 5.92 Å². The lowest BCUT2D eigenvalue weighted by Gasteiger charge is -2.34. The largest absolute Gasteiger partial charge is 0.339 e. The Morgan fingerprint density at radius 3 is 2.23 bits per heavy atom. The van der Waals surface area contributed by atoms with Crippen molar-refractivity contribution in [1.29, 1.82) is 0 Å². The zero-order chi connectivity index (χ0) is 22.0. The van der Waals surface area contributed by atoms with Crippen LogP contribution >= 0.6 is 0 Å². The smallest absolute Gasteiger partial charge is 0.243 e. The topological polar surface area (TPSA) is 57.7 Å². The number of rotatable bonds is 5. The minimum atomic E-state index is -3.57. The third-order valence-electron chi connectivity index (χ3n) is 6.37. The van der Waals surface area contributed by atoms with Gasteiger partial charge in [0.1, 0.15) is 0 Å². The van der Waals surface area contributed by atoms with Gasteiger partial charge in [0.15, 0.2) is 0 Å². The molecule has 3 aromatic rings. The van der Waals surface area contributed by atoms with E-state index in [0.29, 0.717) is 30.8 Å². The van der Waals surface area contributed by atoms with Crippen LogP contribution in [0, 0.1) is 5.92 Å². The van der Waals surface area contributed by atoms with E-state index < -0.39 is 10.0 Å². The Morgan fingerprint density at radius 1 is 0.935 bits per heavy atom. The van der Waals surface area contributed by atoms with Crippen LogP contribution in [0.5, 0.6) is 0 Å². The summed E-state index contributed by atoms with van der Waals surface area (Å²) in [6, 6.07) is 22.9. The molecule has 6 heteroatoms. The molecule has 1 fully saturated rings. The van der Waals surface area contributed by atoms with Gasteiger partial charge in [0.2, 0.25) is 15.9 Å². The van der Waals surface area contributed by atoms with Gasteiger partial charge in [-0.3, -0.25) is 4.79 Å². The first-order chi connectivity index (χ1) is 14.9. The Labute approximate surface area is 184 Å². The van der Waals surface area contributed by atoms with E-state index in [2.05, 4.69) is 0 Å². The molecular weight excluding hydrogens is 408 g/mol. The highest BCUT2D eigenvalue weighted by Gasteiger charge is 2.34. The quantitative estimate of drug-likeness (QED) is 0.593. The molecule has 1 aliphatic heterocycles. The summed E-state index contributed by atoms with van der Waals surface area (Å²) in [5, 5.41) is 1.92. The highest BCUT2D eigenvalue weighted by atomic mass is 32.2. The fraction of sp³-hybridized carbons (Fsp3) is 0.320. The maximum atomic E-state index is 13.2. The van der Waals surface area contributed by atoms with Crippen molar-refractivity contribution in [2.45, 2.75) is 30.7 Å². The Morgan fingerprint density at radius 2 is 1.55 bits per heavy atom. The Kier molecular flexibility index (Phi) is 6.12. The molecule has 1 unspecified atom stereocenters. The van der Waals surface area contributed by atoms with Gasteiger partial charge in [0, 0.05) is 26.1 Å². The van der Waals surface area contributed by atoms with Crippen LogP contribution in [0.2, 0.25) is 0 Å². The van der Waals surface area contributed by atoms with E-state index in [-0.39, 0.29) is 17.9 Å². The number of hydrogen-bond donors (Lipinski definition) is 0. The molecule has 1 heterocycles. The maximum Gasteiger partial charge on any atom is 0.243 e. The minimum Gasteiger partial charge on any atom is -0.339 e. The van der Waals surface area contributed by atoms with Gasteiger partial charge in [-0.15, -0.1) is 0 Å². The Hall–Kier alpha value is -2.70. The van der Waals surface area contributed by atoms with Gasteiger partial charge < -0.3 is 4.90 Å². The number of sulfonamides is 1. The average molecular weight is 437 g/mol. The van der Waals surface area contributed by atoms with Crippen LogP contribution in [0.3, 0.4) is 0 Å². The summed E-state index contributed by atoms with van der Waals surface area (Å²) >= 11 is 0. The molecule has 0 aromatic heterocycles.